The maximum atomic E-state index is 12.8. The van der Waals surface area contributed by atoms with Gasteiger partial charge >= 0.3 is 35.9 Å². The fourth-order valence-corrected chi connectivity index (χ4v) is 3.86. The zero-order chi connectivity index (χ0) is 35.9. The van der Waals surface area contributed by atoms with E-state index in [2.05, 4.69) is 5.32 Å². The summed E-state index contributed by atoms with van der Waals surface area (Å²) in [5.74, 6) is -6.00. The molecule has 0 fully saturated rings. The largest absolute Gasteiger partial charge is 0.466 e. The summed E-state index contributed by atoms with van der Waals surface area (Å²) in [5, 5.41) is 13.8. The molecule has 1 aromatic rings. The smallest absolute Gasteiger partial charge is 0.407 e. The minimum Gasteiger partial charge on any atom is -0.466 e. The summed E-state index contributed by atoms with van der Waals surface area (Å²) in [5.41, 5.74) is -0.564. The monoisotopic (exact) mass is 667 g/mol. The van der Waals surface area contributed by atoms with Crippen LogP contribution in [0.3, 0.4) is 0 Å². The molecule has 0 heterocycles. The van der Waals surface area contributed by atoms with E-state index in [4.69, 9.17) is 33.2 Å². The van der Waals surface area contributed by atoms with Crippen LogP contribution in [-0.2, 0) is 52.3 Å². The minimum absolute atomic E-state index is 0.261. The van der Waals surface area contributed by atoms with E-state index in [9.17, 15) is 33.9 Å². The van der Waals surface area contributed by atoms with Crippen LogP contribution in [0.1, 0.15) is 79.1 Å². The number of ether oxygens (including phenoxy) is 7. The third-order valence-electron chi connectivity index (χ3n) is 6.07. The molecule has 0 bridgehead atoms. The van der Waals surface area contributed by atoms with Crippen LogP contribution in [0, 0.1) is 5.92 Å². The molecule has 47 heavy (non-hydrogen) atoms. The summed E-state index contributed by atoms with van der Waals surface area (Å²) in [4.78, 5) is 72.8. The first-order valence-corrected chi connectivity index (χ1v) is 14.8. The molecule has 2 N–H and O–H groups in total. The molecule has 0 saturated heterocycles. The van der Waals surface area contributed by atoms with E-state index in [1.165, 1.54) is 0 Å². The van der Waals surface area contributed by atoms with Crippen molar-refractivity contribution in [3.05, 3.63) is 47.4 Å². The zero-order valence-electron chi connectivity index (χ0n) is 28.1. The van der Waals surface area contributed by atoms with Gasteiger partial charge in [0.05, 0.1) is 24.8 Å². The second-order valence-corrected chi connectivity index (χ2v) is 11.4. The van der Waals surface area contributed by atoms with Gasteiger partial charge in [-0.05, 0) is 39.8 Å². The zero-order valence-corrected chi connectivity index (χ0v) is 28.1. The van der Waals surface area contributed by atoms with Crippen LogP contribution in [0.25, 0.3) is 0 Å². The summed E-state index contributed by atoms with van der Waals surface area (Å²) in [6.07, 6.45) is -5.53. The van der Waals surface area contributed by atoms with Crippen molar-refractivity contribution in [2.45, 2.75) is 98.9 Å². The highest BCUT2D eigenvalue weighted by Gasteiger charge is 2.34. The van der Waals surface area contributed by atoms with Gasteiger partial charge in [0.15, 0.2) is 11.9 Å². The van der Waals surface area contributed by atoms with Crippen molar-refractivity contribution in [1.82, 2.24) is 5.32 Å². The molecule has 0 spiro atoms. The third-order valence-corrected chi connectivity index (χ3v) is 6.07. The van der Waals surface area contributed by atoms with Crippen LogP contribution in [0.5, 0.6) is 0 Å². The summed E-state index contributed by atoms with van der Waals surface area (Å²) in [7, 11) is 0. The molecule has 262 valence electrons. The topological polar surface area (TPSA) is 199 Å². The lowest BCUT2D eigenvalue weighted by Crippen LogP contribution is -2.49. The van der Waals surface area contributed by atoms with Crippen LogP contribution in [-0.4, -0.2) is 84.4 Å². The molecule has 1 amide bonds. The van der Waals surface area contributed by atoms with Gasteiger partial charge in [-0.1, -0.05) is 25.1 Å². The highest BCUT2D eigenvalue weighted by atomic mass is 16.7. The highest BCUT2D eigenvalue weighted by Crippen LogP contribution is 2.24. The van der Waals surface area contributed by atoms with Crippen molar-refractivity contribution >= 4 is 35.9 Å². The number of hydrogen-bond donors (Lipinski definition) is 2. The Balaban J connectivity index is 3.44. The van der Waals surface area contributed by atoms with Crippen LogP contribution in [0.4, 0.5) is 4.79 Å². The van der Waals surface area contributed by atoms with Crippen LogP contribution >= 0.6 is 0 Å². The van der Waals surface area contributed by atoms with Crippen molar-refractivity contribution in [1.29, 1.82) is 0 Å². The van der Waals surface area contributed by atoms with Crippen LogP contribution in [0.15, 0.2) is 41.9 Å². The molecule has 0 aliphatic carbocycles. The van der Waals surface area contributed by atoms with E-state index in [1.54, 1.807) is 65.0 Å². The van der Waals surface area contributed by atoms with E-state index in [-0.39, 0.29) is 13.0 Å². The second-order valence-electron chi connectivity index (χ2n) is 11.4. The molecule has 15 heteroatoms. The molecular weight excluding hydrogens is 622 g/mol. The number of carbonyl (C=O) groups is 6. The van der Waals surface area contributed by atoms with Gasteiger partial charge in [-0.2, -0.15) is 0 Å². The standard InChI is InChI=1S/C32H45NO14/c1-18(19(2)43-29(38)24-13-11-10-12-14-24)25(33-31(40)47-32(7,8)9)17-42-30(39)28(46-23(6)37)27(45-22(5)36)26(44-21(4)35)15-16-41-20(3)34/h10-14,18-19,25-26,30,39H,15-17H2,1-9H3,(H,33,40)/b28-27-/t18?,19-,25+,26?,30?/m1/s1. The van der Waals surface area contributed by atoms with Crippen LogP contribution in [0.2, 0.25) is 0 Å². The van der Waals surface area contributed by atoms with Gasteiger partial charge in [0.25, 0.3) is 0 Å². The maximum absolute atomic E-state index is 12.8. The molecule has 15 nitrogen and oxygen atoms in total. The number of nitrogens with one attached hydrogen (secondary N) is 1. The minimum atomic E-state index is -2.14. The molecule has 5 atom stereocenters. The van der Waals surface area contributed by atoms with E-state index < -0.39 is 90.1 Å². The predicted molar refractivity (Wildman–Crippen MR) is 163 cm³/mol. The molecule has 0 saturated carbocycles. The Hall–Kier alpha value is -4.50. The Labute approximate surface area is 273 Å². The lowest BCUT2D eigenvalue weighted by molar-refractivity contribution is -0.159. The molecule has 0 radical (unpaired) electrons. The normalized spacial score (nSPS) is 14.9. The number of hydrogen-bond acceptors (Lipinski definition) is 14. The second kappa shape index (κ2) is 19.2. The number of carbonyl (C=O) groups excluding carboxylic acids is 6. The van der Waals surface area contributed by atoms with Gasteiger partial charge in [0, 0.05) is 40.0 Å². The lowest BCUT2D eigenvalue weighted by atomic mass is 9.97. The predicted octanol–water partition coefficient (Wildman–Crippen LogP) is 3.32. The number of amides is 1. The van der Waals surface area contributed by atoms with Crippen molar-refractivity contribution in [3.63, 3.8) is 0 Å². The van der Waals surface area contributed by atoms with E-state index in [0.717, 1.165) is 27.7 Å². The molecule has 1 aromatic carbocycles. The first-order valence-electron chi connectivity index (χ1n) is 14.8. The van der Waals surface area contributed by atoms with Crippen molar-refractivity contribution in [2.75, 3.05) is 13.2 Å². The SMILES string of the molecule is CC(=O)OCCC(OC(C)=O)/C(OC(C)=O)=C(/OC(C)=O)C(O)OC[C@H](NC(=O)OC(C)(C)C)C(C)[C@@H](C)OC(=O)c1ccccc1. The maximum Gasteiger partial charge on any atom is 0.407 e. The molecule has 0 aliphatic rings. The third kappa shape index (κ3) is 16.1. The Morgan fingerprint density at radius 3 is 1.89 bits per heavy atom. The number of rotatable bonds is 16. The van der Waals surface area contributed by atoms with Gasteiger partial charge < -0.3 is 43.6 Å². The first kappa shape index (κ1) is 40.5. The van der Waals surface area contributed by atoms with Gasteiger partial charge in [-0.15, -0.1) is 0 Å². The molecule has 3 unspecified atom stereocenters. The molecule has 0 aliphatic heterocycles. The summed E-state index contributed by atoms with van der Waals surface area (Å²) in [6.45, 7) is 11.6. The summed E-state index contributed by atoms with van der Waals surface area (Å²) >= 11 is 0. The van der Waals surface area contributed by atoms with Gasteiger partial charge in [-0.3, -0.25) is 19.2 Å². The summed E-state index contributed by atoms with van der Waals surface area (Å²) < 4.78 is 37.1. The van der Waals surface area contributed by atoms with Gasteiger partial charge in [0.1, 0.15) is 11.7 Å². The van der Waals surface area contributed by atoms with Gasteiger partial charge in [-0.25, -0.2) is 9.59 Å². The van der Waals surface area contributed by atoms with E-state index in [0.29, 0.717) is 5.56 Å². The Morgan fingerprint density at radius 1 is 0.809 bits per heavy atom. The molecular formula is C32H45NO14. The number of esters is 5. The van der Waals surface area contributed by atoms with Gasteiger partial charge in [0.2, 0.25) is 12.0 Å². The Bertz CT molecular complexity index is 1270. The Kier molecular flexibility index (Phi) is 16.6. The quantitative estimate of drug-likeness (QED) is 0.113. The lowest BCUT2D eigenvalue weighted by Gasteiger charge is -2.31. The van der Waals surface area contributed by atoms with Crippen LogP contribution < -0.4 is 5.32 Å². The average Bonchev–Trinajstić information content (AvgIpc) is 2.94. The molecule has 1 rings (SSSR count). The van der Waals surface area contributed by atoms with Crippen molar-refractivity contribution < 1.29 is 67.0 Å². The van der Waals surface area contributed by atoms with Crippen molar-refractivity contribution in [3.8, 4) is 0 Å². The van der Waals surface area contributed by atoms with Crippen molar-refractivity contribution in [2.24, 2.45) is 5.92 Å². The summed E-state index contributed by atoms with van der Waals surface area (Å²) in [6, 6.07) is 7.26. The first-order chi connectivity index (χ1) is 21.8. The fraction of sp³-hybridized carbons (Fsp3) is 0.562. The number of alkyl carbamates (subject to hydrolysis) is 1. The highest BCUT2D eigenvalue weighted by molar-refractivity contribution is 5.89. The number of aliphatic hydroxyl groups excluding tert-OH is 1. The van der Waals surface area contributed by atoms with E-state index in [1.807, 2.05) is 0 Å². The number of benzene rings is 1. The number of aliphatic hydroxyl groups is 1. The molecule has 0 aromatic heterocycles. The van der Waals surface area contributed by atoms with E-state index >= 15 is 0 Å². The fourth-order valence-electron chi connectivity index (χ4n) is 3.86. The average molecular weight is 668 g/mol. The Morgan fingerprint density at radius 2 is 1.38 bits per heavy atom.